The molecular weight excluding hydrogens is 346 g/mol. The smallest absolute Gasteiger partial charge is 0.339 e. The summed E-state index contributed by atoms with van der Waals surface area (Å²) in [5, 5.41) is 16.2. The van der Waals surface area contributed by atoms with E-state index >= 15 is 0 Å². The number of benzene rings is 1. The molecule has 6 nitrogen and oxygen atoms in total. The van der Waals surface area contributed by atoms with Gasteiger partial charge in [0, 0.05) is 22.9 Å². The summed E-state index contributed by atoms with van der Waals surface area (Å²) < 4.78 is 1.56. The summed E-state index contributed by atoms with van der Waals surface area (Å²) in [4.78, 5) is 23.5. The van der Waals surface area contributed by atoms with Gasteiger partial charge < -0.3 is 10.4 Å². The number of nitrogens with zero attached hydrogens (tertiary/aromatic N) is 2. The lowest BCUT2D eigenvalue weighted by Gasteiger charge is -2.20. The maximum absolute atomic E-state index is 12.3. The summed E-state index contributed by atoms with van der Waals surface area (Å²) >= 11 is 3.48. The molecule has 8 heteroatoms. The summed E-state index contributed by atoms with van der Waals surface area (Å²) in [5.74, 6) is 1.92. The van der Waals surface area contributed by atoms with E-state index in [-0.39, 0.29) is 16.7 Å². The Balaban J connectivity index is 1.79. The van der Waals surface area contributed by atoms with Crippen LogP contribution in [-0.2, 0) is 4.79 Å². The van der Waals surface area contributed by atoms with Crippen molar-refractivity contribution in [1.29, 1.82) is 0 Å². The minimum atomic E-state index is -1.00. The highest BCUT2D eigenvalue weighted by Crippen LogP contribution is 2.25. The number of carboxylic acids is 1. The Hall–Kier alpha value is -1.93. The first-order chi connectivity index (χ1) is 11.6. The molecule has 2 heterocycles. The van der Waals surface area contributed by atoms with Crippen LogP contribution in [0, 0.1) is 6.92 Å². The lowest BCUT2D eigenvalue weighted by molar-refractivity contribution is -0.115. The molecule has 2 N–H and O–H groups in total. The van der Waals surface area contributed by atoms with Crippen molar-refractivity contribution in [2.24, 2.45) is 0 Å². The van der Waals surface area contributed by atoms with Crippen LogP contribution in [0.2, 0.25) is 0 Å². The van der Waals surface area contributed by atoms with Gasteiger partial charge in [-0.2, -0.15) is 16.9 Å². The Morgan fingerprint density at radius 1 is 1.38 bits per heavy atom. The van der Waals surface area contributed by atoms with Crippen LogP contribution in [0.1, 0.15) is 16.1 Å². The molecule has 0 saturated carbocycles. The zero-order valence-corrected chi connectivity index (χ0v) is 14.7. The standard InChI is InChI=1S/C16H17N3O3S2/c1-10-13(16(21)22)8-17-19(10)12-4-2-3-11(7-12)18-15(20)14-9-23-5-6-24-14/h2-4,7-8,14H,5-6,9H2,1H3,(H,18,20)(H,21,22). The number of rotatable bonds is 4. The number of hydrogen-bond donors (Lipinski definition) is 2. The van der Waals surface area contributed by atoms with Crippen LogP contribution in [0.4, 0.5) is 5.69 Å². The summed E-state index contributed by atoms with van der Waals surface area (Å²) in [7, 11) is 0. The summed E-state index contributed by atoms with van der Waals surface area (Å²) in [6.45, 7) is 1.71. The highest BCUT2D eigenvalue weighted by atomic mass is 32.2. The van der Waals surface area contributed by atoms with E-state index in [0.29, 0.717) is 17.1 Å². The Kier molecular flexibility index (Phi) is 5.15. The van der Waals surface area contributed by atoms with Crippen LogP contribution < -0.4 is 5.32 Å². The fourth-order valence-corrected chi connectivity index (χ4v) is 5.01. The SMILES string of the molecule is Cc1c(C(=O)O)cnn1-c1cccc(NC(=O)C2CSCCS2)c1. The zero-order valence-electron chi connectivity index (χ0n) is 13.1. The molecule has 1 aromatic carbocycles. The highest BCUT2D eigenvalue weighted by molar-refractivity contribution is 8.07. The van der Waals surface area contributed by atoms with E-state index < -0.39 is 5.97 Å². The van der Waals surface area contributed by atoms with E-state index in [0.717, 1.165) is 17.3 Å². The second-order valence-electron chi connectivity index (χ2n) is 5.33. The predicted octanol–water partition coefficient (Wildman–Crippen LogP) is 2.67. The quantitative estimate of drug-likeness (QED) is 0.869. The zero-order chi connectivity index (χ0) is 17.1. The first kappa shape index (κ1) is 16.9. The Labute approximate surface area is 148 Å². The van der Waals surface area contributed by atoms with Gasteiger partial charge in [0.25, 0.3) is 0 Å². The molecule has 0 bridgehead atoms. The number of thioether (sulfide) groups is 2. The normalized spacial score (nSPS) is 17.5. The van der Waals surface area contributed by atoms with Crippen LogP contribution in [-0.4, -0.2) is 49.3 Å². The van der Waals surface area contributed by atoms with Crippen LogP contribution in [0.3, 0.4) is 0 Å². The molecule has 24 heavy (non-hydrogen) atoms. The third kappa shape index (κ3) is 3.59. The van der Waals surface area contributed by atoms with Crippen LogP contribution in [0.25, 0.3) is 5.69 Å². The van der Waals surface area contributed by atoms with E-state index in [4.69, 9.17) is 5.11 Å². The van der Waals surface area contributed by atoms with Gasteiger partial charge in [-0.15, -0.1) is 11.8 Å². The van der Waals surface area contributed by atoms with E-state index in [1.54, 1.807) is 41.2 Å². The minimum absolute atomic E-state index is 0.00719. The Morgan fingerprint density at radius 2 is 2.21 bits per heavy atom. The van der Waals surface area contributed by atoms with Gasteiger partial charge in [-0.05, 0) is 25.1 Å². The third-order valence-corrected chi connectivity index (χ3v) is 6.46. The number of aromatic carboxylic acids is 1. The van der Waals surface area contributed by atoms with Gasteiger partial charge in [-0.25, -0.2) is 9.48 Å². The van der Waals surface area contributed by atoms with Crippen molar-refractivity contribution in [2.45, 2.75) is 12.2 Å². The van der Waals surface area contributed by atoms with Gasteiger partial charge >= 0.3 is 5.97 Å². The number of carbonyl (C=O) groups excluding carboxylic acids is 1. The molecular formula is C16H17N3O3S2. The molecule has 126 valence electrons. The first-order valence-electron chi connectivity index (χ1n) is 7.45. The number of aromatic nitrogens is 2. The van der Waals surface area contributed by atoms with E-state index in [1.807, 2.05) is 18.2 Å². The van der Waals surface area contributed by atoms with E-state index in [1.165, 1.54) is 6.20 Å². The second kappa shape index (κ2) is 7.31. The van der Waals surface area contributed by atoms with Crippen LogP contribution in [0.5, 0.6) is 0 Å². The molecule has 1 atom stereocenters. The van der Waals surface area contributed by atoms with Crippen molar-refractivity contribution in [3.8, 4) is 5.69 Å². The Morgan fingerprint density at radius 3 is 2.88 bits per heavy atom. The van der Waals surface area contributed by atoms with Crippen molar-refractivity contribution >= 4 is 41.1 Å². The largest absolute Gasteiger partial charge is 0.478 e. The number of amides is 1. The maximum Gasteiger partial charge on any atom is 0.339 e. The van der Waals surface area contributed by atoms with E-state index in [2.05, 4.69) is 10.4 Å². The third-order valence-electron chi connectivity index (χ3n) is 3.71. The predicted molar refractivity (Wildman–Crippen MR) is 97.5 cm³/mol. The van der Waals surface area contributed by atoms with Gasteiger partial charge in [-0.1, -0.05) is 6.07 Å². The average Bonchev–Trinajstić information content (AvgIpc) is 2.97. The molecule has 1 fully saturated rings. The Bertz CT molecular complexity index is 770. The van der Waals surface area contributed by atoms with Gasteiger partial charge in [0.05, 0.1) is 22.8 Å². The van der Waals surface area contributed by atoms with Crippen molar-refractivity contribution in [2.75, 3.05) is 22.6 Å². The topological polar surface area (TPSA) is 84.2 Å². The van der Waals surface area contributed by atoms with Crippen molar-refractivity contribution in [3.63, 3.8) is 0 Å². The monoisotopic (exact) mass is 363 g/mol. The minimum Gasteiger partial charge on any atom is -0.478 e. The van der Waals surface area contributed by atoms with Gasteiger partial charge in [0.2, 0.25) is 5.91 Å². The number of carbonyl (C=O) groups is 2. The lowest BCUT2D eigenvalue weighted by atomic mass is 10.2. The van der Waals surface area contributed by atoms with Crippen molar-refractivity contribution in [3.05, 3.63) is 41.7 Å². The molecule has 0 spiro atoms. The highest BCUT2D eigenvalue weighted by Gasteiger charge is 2.22. The van der Waals surface area contributed by atoms with Crippen LogP contribution in [0.15, 0.2) is 30.5 Å². The van der Waals surface area contributed by atoms with Crippen molar-refractivity contribution in [1.82, 2.24) is 9.78 Å². The molecule has 1 aliphatic rings. The average molecular weight is 363 g/mol. The molecule has 3 rings (SSSR count). The maximum atomic E-state index is 12.3. The molecule has 1 saturated heterocycles. The summed E-state index contributed by atoms with van der Waals surface area (Å²) in [5.41, 5.74) is 2.11. The number of hydrogen-bond acceptors (Lipinski definition) is 5. The molecule has 1 amide bonds. The fraction of sp³-hybridized carbons (Fsp3) is 0.312. The number of anilines is 1. The molecule has 0 radical (unpaired) electrons. The molecule has 1 aromatic heterocycles. The first-order valence-corrected chi connectivity index (χ1v) is 9.65. The number of nitrogens with one attached hydrogen (secondary N) is 1. The fourth-order valence-electron chi connectivity index (χ4n) is 2.46. The molecule has 2 aromatic rings. The van der Waals surface area contributed by atoms with Crippen LogP contribution >= 0.6 is 23.5 Å². The lowest BCUT2D eigenvalue weighted by Crippen LogP contribution is -2.30. The van der Waals surface area contributed by atoms with E-state index in [9.17, 15) is 9.59 Å². The second-order valence-corrected chi connectivity index (χ2v) is 7.79. The number of carboxylic acid groups (broad SMARTS) is 1. The van der Waals surface area contributed by atoms with Gasteiger partial charge in [0.15, 0.2) is 0 Å². The molecule has 0 aliphatic carbocycles. The van der Waals surface area contributed by atoms with Crippen molar-refractivity contribution < 1.29 is 14.7 Å². The van der Waals surface area contributed by atoms with Gasteiger partial charge in [-0.3, -0.25) is 4.79 Å². The van der Waals surface area contributed by atoms with Gasteiger partial charge in [0.1, 0.15) is 5.56 Å². The summed E-state index contributed by atoms with van der Waals surface area (Å²) in [6, 6.07) is 7.25. The molecule has 1 unspecified atom stereocenters. The summed E-state index contributed by atoms with van der Waals surface area (Å²) in [6.07, 6.45) is 1.33. The molecule has 1 aliphatic heterocycles.